The van der Waals surface area contributed by atoms with Gasteiger partial charge in [0.15, 0.2) is 0 Å². The molecule has 0 saturated carbocycles. The first-order chi connectivity index (χ1) is 21.8. The molecule has 1 amide bonds. The molecule has 0 bridgehead atoms. The highest BCUT2D eigenvalue weighted by atomic mass is 32.1. The van der Waals surface area contributed by atoms with E-state index in [0.29, 0.717) is 52.9 Å². The number of thiazole rings is 1. The minimum absolute atomic E-state index is 0.00142. The molecule has 0 atom stereocenters. The molecule has 4 heterocycles. The Balaban J connectivity index is 1.25. The summed E-state index contributed by atoms with van der Waals surface area (Å²) in [6.07, 6.45) is 4.48. The quantitative estimate of drug-likeness (QED) is 0.162. The lowest BCUT2D eigenvalue weighted by Gasteiger charge is -2.39. The summed E-state index contributed by atoms with van der Waals surface area (Å²) in [7, 11) is 0. The first-order valence-corrected chi connectivity index (χ1v) is 15.0. The second kappa shape index (κ2) is 12.6. The summed E-state index contributed by atoms with van der Waals surface area (Å²) in [5.74, 6) is 0.156. The van der Waals surface area contributed by atoms with Gasteiger partial charge >= 0.3 is 0 Å². The minimum atomic E-state index is -0.577. The van der Waals surface area contributed by atoms with E-state index in [2.05, 4.69) is 38.2 Å². The Labute approximate surface area is 262 Å². The predicted molar refractivity (Wildman–Crippen MR) is 172 cm³/mol. The van der Waals surface area contributed by atoms with Gasteiger partial charge in [-0.05, 0) is 50.3 Å². The summed E-state index contributed by atoms with van der Waals surface area (Å²) in [6, 6.07) is 14.0. The third-order valence-electron chi connectivity index (χ3n) is 7.21. The molecule has 10 nitrogen and oxygen atoms in total. The molecule has 1 fully saturated rings. The maximum atomic E-state index is 15.4. The van der Waals surface area contributed by atoms with E-state index in [9.17, 15) is 10.1 Å². The molecule has 0 radical (unpaired) electrons. The van der Waals surface area contributed by atoms with Gasteiger partial charge < -0.3 is 25.0 Å². The number of carbonyl (C=O) groups excluding carboxylic acids is 1. The number of hydrogen-bond donors (Lipinski definition) is 2. The van der Waals surface area contributed by atoms with Crippen LogP contribution in [0.2, 0.25) is 0 Å². The summed E-state index contributed by atoms with van der Waals surface area (Å²) in [4.78, 5) is 26.8. The number of anilines is 3. The fourth-order valence-electron chi connectivity index (χ4n) is 4.88. The van der Waals surface area contributed by atoms with Gasteiger partial charge in [0.2, 0.25) is 5.91 Å². The summed E-state index contributed by atoms with van der Waals surface area (Å²) in [6.45, 7) is 8.79. The van der Waals surface area contributed by atoms with Gasteiger partial charge in [-0.1, -0.05) is 17.9 Å². The number of nitrogens with one attached hydrogen (secondary N) is 2. The van der Waals surface area contributed by atoms with Gasteiger partial charge in [-0.3, -0.25) is 14.8 Å². The van der Waals surface area contributed by atoms with Crippen LogP contribution in [-0.2, 0) is 4.79 Å². The third kappa shape index (κ3) is 6.25. The number of amides is 1. The van der Waals surface area contributed by atoms with Crippen LogP contribution in [0.3, 0.4) is 0 Å². The van der Waals surface area contributed by atoms with Crippen LogP contribution >= 0.6 is 11.3 Å². The van der Waals surface area contributed by atoms with E-state index in [-0.39, 0.29) is 28.9 Å². The van der Waals surface area contributed by atoms with E-state index in [1.807, 2.05) is 37.4 Å². The Morgan fingerprint density at radius 2 is 2.04 bits per heavy atom. The molecule has 1 aliphatic heterocycles. The number of pyridine rings is 2. The smallest absolute Gasteiger partial charge is 0.279 e. The third-order valence-corrected chi connectivity index (χ3v) is 7.93. The van der Waals surface area contributed by atoms with Gasteiger partial charge in [-0.2, -0.15) is 5.26 Å². The number of rotatable bonds is 10. The average molecular weight is 622 g/mol. The Kier molecular flexibility index (Phi) is 8.26. The number of aromatic nitrogens is 3. The maximum Gasteiger partial charge on any atom is 0.279 e. The molecule has 3 aromatic heterocycles. The number of hydrogen-bond acceptors (Lipinski definition) is 10. The minimum Gasteiger partial charge on any atom is -0.492 e. The maximum absolute atomic E-state index is 15.4. The second-order valence-corrected chi connectivity index (χ2v) is 11.1. The van der Waals surface area contributed by atoms with E-state index >= 15 is 4.39 Å². The number of halogens is 1. The van der Waals surface area contributed by atoms with Crippen LogP contribution in [0.1, 0.15) is 18.2 Å². The van der Waals surface area contributed by atoms with Crippen molar-refractivity contribution in [2.45, 2.75) is 19.9 Å². The average Bonchev–Trinajstić information content (AvgIpc) is 3.48. The van der Waals surface area contributed by atoms with Crippen molar-refractivity contribution in [3.8, 4) is 34.0 Å². The van der Waals surface area contributed by atoms with Crippen molar-refractivity contribution in [3.05, 3.63) is 90.0 Å². The van der Waals surface area contributed by atoms with Crippen LogP contribution in [-0.4, -0.2) is 51.5 Å². The lowest BCUT2D eigenvalue weighted by atomic mass is 10.1. The van der Waals surface area contributed by atoms with Crippen LogP contribution in [0.5, 0.6) is 16.7 Å². The highest BCUT2D eigenvalue weighted by Gasteiger charge is 2.30. The Morgan fingerprint density at radius 3 is 2.76 bits per heavy atom. The predicted octanol–water partition coefficient (Wildman–Crippen LogP) is 6.82. The molecule has 0 unspecified atom stereocenters. The van der Waals surface area contributed by atoms with E-state index in [4.69, 9.17) is 9.47 Å². The molecule has 1 saturated heterocycles. The molecule has 5 aromatic rings. The molecule has 1 aliphatic rings. The Hall–Kier alpha value is -5.54. The highest BCUT2D eigenvalue weighted by molar-refractivity contribution is 7.11. The van der Waals surface area contributed by atoms with Gasteiger partial charge in [0.05, 0.1) is 46.5 Å². The highest BCUT2D eigenvalue weighted by Crippen LogP contribution is 2.38. The molecule has 2 aromatic carbocycles. The van der Waals surface area contributed by atoms with Gasteiger partial charge in [0, 0.05) is 59.6 Å². The molecule has 12 heteroatoms. The molecular formula is C33H28FN7O3S. The second-order valence-electron chi connectivity index (χ2n) is 10.3. The van der Waals surface area contributed by atoms with Gasteiger partial charge in [0.25, 0.3) is 5.19 Å². The lowest BCUT2D eigenvalue weighted by molar-refractivity contribution is -0.129. The number of fused-ring (bicyclic) bond motifs is 1. The zero-order chi connectivity index (χ0) is 31.5. The lowest BCUT2D eigenvalue weighted by Crippen LogP contribution is -2.56. The monoisotopic (exact) mass is 621 g/mol. The Morgan fingerprint density at radius 1 is 1.20 bits per heavy atom. The van der Waals surface area contributed by atoms with E-state index in [0.717, 1.165) is 17.0 Å². The number of benzene rings is 2. The van der Waals surface area contributed by atoms with Crippen molar-refractivity contribution in [1.29, 1.82) is 5.26 Å². The summed E-state index contributed by atoms with van der Waals surface area (Å²) >= 11 is 1.30. The topological polar surface area (TPSA) is 125 Å². The number of aryl methyl sites for hydroxylation is 1. The van der Waals surface area contributed by atoms with Gasteiger partial charge in [-0.25, -0.2) is 9.37 Å². The fraction of sp³-hybridized carbons (Fsp3) is 0.182. The van der Waals surface area contributed by atoms with Gasteiger partial charge in [-0.15, -0.1) is 0 Å². The normalized spacial score (nSPS) is 12.7. The van der Waals surface area contributed by atoms with Crippen molar-refractivity contribution in [3.63, 3.8) is 0 Å². The van der Waals surface area contributed by atoms with Crippen LogP contribution in [0.25, 0.3) is 22.2 Å². The first kappa shape index (κ1) is 29.5. The Bertz CT molecular complexity index is 1950. The summed E-state index contributed by atoms with van der Waals surface area (Å²) < 4.78 is 27.2. The van der Waals surface area contributed by atoms with Crippen LogP contribution in [0, 0.1) is 24.1 Å². The number of nitrogens with zero attached hydrogens (tertiary/aromatic N) is 5. The van der Waals surface area contributed by atoms with E-state index in [1.165, 1.54) is 29.7 Å². The van der Waals surface area contributed by atoms with Crippen LogP contribution in [0.15, 0.2) is 72.9 Å². The first-order valence-electron chi connectivity index (χ1n) is 14.2. The number of likely N-dealkylation sites (tertiary alicyclic amines) is 1. The van der Waals surface area contributed by atoms with Crippen LogP contribution in [0.4, 0.5) is 21.5 Å². The zero-order valence-electron chi connectivity index (χ0n) is 24.5. The SMILES string of the molecule is C=CC(=O)N1CC(Nc2cc3c(Nc4ccc(Oc5nc(-c6ccc(C)nc6)cs5)cc4F)c(C#N)cnc3cc2OCC)C1. The largest absolute Gasteiger partial charge is 0.492 e. The molecular weight excluding hydrogens is 593 g/mol. The van der Waals surface area contributed by atoms with Gasteiger partial charge in [0.1, 0.15) is 23.4 Å². The molecule has 226 valence electrons. The van der Waals surface area contributed by atoms with Crippen LogP contribution < -0.4 is 20.1 Å². The number of ether oxygens (including phenoxy) is 2. The zero-order valence-corrected chi connectivity index (χ0v) is 25.3. The van der Waals surface area contributed by atoms with Crippen molar-refractivity contribution in [2.24, 2.45) is 0 Å². The van der Waals surface area contributed by atoms with Crippen molar-refractivity contribution >= 4 is 45.2 Å². The molecule has 6 rings (SSSR count). The molecule has 45 heavy (non-hydrogen) atoms. The summed E-state index contributed by atoms with van der Waals surface area (Å²) in [5, 5.41) is 19.2. The van der Waals surface area contributed by atoms with Crippen molar-refractivity contribution < 1.29 is 18.7 Å². The molecule has 2 N–H and O–H groups in total. The number of nitriles is 1. The molecule has 0 aliphatic carbocycles. The fourth-order valence-corrected chi connectivity index (χ4v) is 5.57. The van der Waals surface area contributed by atoms with E-state index < -0.39 is 5.82 Å². The standard InChI is InChI=1S/C33H28FN7O3S/c1-4-31(42)41-16-22(17-41)38-28-11-24-27(12-30(28)43-5-2)37-15-21(13-35)32(24)39-26-9-8-23(10-25(26)34)44-33-40-29(18-45-33)20-7-6-19(3)36-14-20/h4,6-12,14-15,18,22,38H,1,5,16-17H2,2-3H3,(H,37,39). The number of carbonyl (C=O) groups is 1. The van der Waals surface area contributed by atoms with Crippen molar-refractivity contribution in [1.82, 2.24) is 19.9 Å². The molecule has 0 spiro atoms. The van der Waals surface area contributed by atoms with E-state index in [1.54, 1.807) is 29.3 Å². The van der Waals surface area contributed by atoms with Crippen molar-refractivity contribution in [2.75, 3.05) is 30.3 Å². The summed E-state index contributed by atoms with van der Waals surface area (Å²) in [5.41, 5.74) is 4.51.